The van der Waals surface area contributed by atoms with Crippen molar-refractivity contribution in [1.29, 1.82) is 0 Å². The van der Waals surface area contributed by atoms with Gasteiger partial charge in [0.2, 0.25) is 0 Å². The smallest absolute Gasteiger partial charge is 0.255 e. The van der Waals surface area contributed by atoms with Gasteiger partial charge < -0.3 is 10.1 Å². The Labute approximate surface area is 153 Å². The summed E-state index contributed by atoms with van der Waals surface area (Å²) in [6, 6.07) is 8.40. The Kier molecular flexibility index (Phi) is 4.87. The van der Waals surface area contributed by atoms with Gasteiger partial charge in [-0.25, -0.2) is 4.68 Å². The van der Waals surface area contributed by atoms with E-state index in [-0.39, 0.29) is 16.0 Å². The van der Waals surface area contributed by atoms with Gasteiger partial charge in [0, 0.05) is 11.3 Å². The predicted octanol–water partition coefficient (Wildman–Crippen LogP) is 3.54. The number of halogens is 2. The quantitative estimate of drug-likeness (QED) is 0.751. The number of amides is 1. The number of carbonyl (C=O) groups excluding carboxylic acids is 1. The molecule has 3 rings (SSSR count). The highest BCUT2D eigenvalue weighted by Gasteiger charge is 2.14. The second-order valence-corrected chi connectivity index (χ2v) is 6.00. The van der Waals surface area contributed by atoms with Crippen LogP contribution < -0.4 is 10.1 Å². The molecule has 0 saturated heterocycles. The van der Waals surface area contributed by atoms with E-state index >= 15 is 0 Å². The van der Waals surface area contributed by atoms with Crippen LogP contribution in [0.5, 0.6) is 5.75 Å². The van der Waals surface area contributed by atoms with Crippen LogP contribution in [0.4, 0.5) is 5.69 Å². The highest BCUT2D eigenvalue weighted by Crippen LogP contribution is 2.34. The number of hydrogen-bond donors (Lipinski definition) is 1. The van der Waals surface area contributed by atoms with E-state index in [0.29, 0.717) is 17.0 Å². The Bertz CT molecular complexity index is 905. The summed E-state index contributed by atoms with van der Waals surface area (Å²) in [5.41, 5.74) is 2.68. The number of tetrazole rings is 1. The van der Waals surface area contributed by atoms with Gasteiger partial charge in [-0.3, -0.25) is 4.79 Å². The van der Waals surface area contributed by atoms with E-state index in [1.165, 1.54) is 25.6 Å². The average molecular weight is 378 g/mol. The molecule has 1 N–H and O–H groups in total. The third-order valence-electron chi connectivity index (χ3n) is 3.52. The van der Waals surface area contributed by atoms with Crippen molar-refractivity contribution < 1.29 is 9.53 Å². The van der Waals surface area contributed by atoms with Crippen LogP contribution >= 0.6 is 23.2 Å². The lowest BCUT2D eigenvalue weighted by Crippen LogP contribution is -2.12. The first kappa shape index (κ1) is 17.2. The minimum Gasteiger partial charge on any atom is -0.494 e. The maximum Gasteiger partial charge on any atom is 0.255 e. The second-order valence-electron chi connectivity index (χ2n) is 5.18. The normalized spacial score (nSPS) is 10.6. The number of aryl methyl sites for hydroxylation is 1. The summed E-state index contributed by atoms with van der Waals surface area (Å²) in [5, 5.41) is 14.4. The van der Waals surface area contributed by atoms with Crippen LogP contribution in [-0.2, 0) is 0 Å². The number of aromatic nitrogens is 4. The Hall–Kier alpha value is -2.64. The van der Waals surface area contributed by atoms with E-state index in [9.17, 15) is 4.79 Å². The zero-order valence-electron chi connectivity index (χ0n) is 13.3. The first-order valence-corrected chi connectivity index (χ1v) is 7.93. The van der Waals surface area contributed by atoms with Gasteiger partial charge in [-0.1, -0.05) is 23.2 Å². The average Bonchev–Trinajstić information content (AvgIpc) is 3.08. The third-order valence-corrected chi connectivity index (χ3v) is 4.08. The topological polar surface area (TPSA) is 81.9 Å². The van der Waals surface area contributed by atoms with Crippen molar-refractivity contribution in [3.63, 3.8) is 0 Å². The van der Waals surface area contributed by atoms with Crippen molar-refractivity contribution in [2.75, 3.05) is 12.4 Å². The van der Waals surface area contributed by atoms with Gasteiger partial charge in [-0.15, -0.1) is 5.10 Å². The number of nitrogens with one attached hydrogen (secondary N) is 1. The molecule has 128 valence electrons. The summed E-state index contributed by atoms with van der Waals surface area (Å²) in [5.74, 6) is 0.00236. The van der Waals surface area contributed by atoms with Gasteiger partial charge in [-0.2, -0.15) is 0 Å². The molecule has 1 amide bonds. The van der Waals surface area contributed by atoms with Crippen molar-refractivity contribution in [2.45, 2.75) is 6.92 Å². The van der Waals surface area contributed by atoms with Crippen LogP contribution in [0.1, 0.15) is 15.9 Å². The lowest BCUT2D eigenvalue weighted by atomic mass is 10.1. The molecular weight excluding hydrogens is 365 g/mol. The molecule has 0 saturated carbocycles. The highest BCUT2D eigenvalue weighted by atomic mass is 35.5. The van der Waals surface area contributed by atoms with Gasteiger partial charge in [0.1, 0.15) is 6.33 Å². The van der Waals surface area contributed by atoms with Crippen LogP contribution in [0.2, 0.25) is 10.0 Å². The summed E-state index contributed by atoms with van der Waals surface area (Å²) in [4.78, 5) is 12.4. The molecule has 0 aliphatic heterocycles. The number of methoxy groups -OCH3 is 1. The highest BCUT2D eigenvalue weighted by molar-refractivity contribution is 6.37. The molecular formula is C16H13Cl2N5O2. The molecule has 1 aromatic heterocycles. The van der Waals surface area contributed by atoms with Crippen LogP contribution in [0.3, 0.4) is 0 Å². The first-order chi connectivity index (χ1) is 12.0. The van der Waals surface area contributed by atoms with Crippen LogP contribution in [0.25, 0.3) is 5.69 Å². The Balaban J connectivity index is 1.83. The summed E-state index contributed by atoms with van der Waals surface area (Å²) >= 11 is 12.1. The minimum absolute atomic E-state index is 0.269. The summed E-state index contributed by atoms with van der Waals surface area (Å²) in [7, 11) is 1.46. The number of hydrogen-bond acceptors (Lipinski definition) is 5. The molecule has 0 radical (unpaired) electrons. The molecule has 0 aliphatic carbocycles. The molecule has 0 spiro atoms. The molecule has 0 aliphatic rings. The van der Waals surface area contributed by atoms with Crippen molar-refractivity contribution in [3.8, 4) is 11.4 Å². The Morgan fingerprint density at radius 3 is 2.48 bits per heavy atom. The minimum atomic E-state index is -0.332. The molecule has 0 atom stereocenters. The fraction of sp³-hybridized carbons (Fsp3) is 0.125. The van der Waals surface area contributed by atoms with E-state index < -0.39 is 0 Å². The standard InChI is InChI=1S/C16H13Cl2N5O2/c1-9-5-11(3-4-14(9)23-8-19-21-22-23)20-16(24)10-6-12(17)15(25-2)13(18)7-10/h3-8H,1-2H3,(H,20,24). The zero-order chi connectivity index (χ0) is 18.0. The summed E-state index contributed by atoms with van der Waals surface area (Å²) in [6.07, 6.45) is 1.50. The van der Waals surface area contributed by atoms with Crippen molar-refractivity contribution in [3.05, 3.63) is 57.8 Å². The predicted molar refractivity (Wildman–Crippen MR) is 94.9 cm³/mol. The largest absolute Gasteiger partial charge is 0.494 e. The number of nitrogens with zero attached hydrogens (tertiary/aromatic N) is 4. The lowest BCUT2D eigenvalue weighted by Gasteiger charge is -2.11. The number of ether oxygens (including phenoxy) is 1. The summed E-state index contributed by atoms with van der Waals surface area (Å²) in [6.45, 7) is 1.90. The van der Waals surface area contributed by atoms with E-state index in [2.05, 4.69) is 20.8 Å². The van der Waals surface area contributed by atoms with Gasteiger partial charge in [0.05, 0.1) is 22.8 Å². The molecule has 2 aromatic carbocycles. The van der Waals surface area contributed by atoms with Gasteiger partial charge in [-0.05, 0) is 53.2 Å². The van der Waals surface area contributed by atoms with Crippen LogP contribution in [0, 0.1) is 6.92 Å². The number of anilines is 1. The second kappa shape index (κ2) is 7.08. The van der Waals surface area contributed by atoms with Crippen LogP contribution in [0.15, 0.2) is 36.7 Å². The van der Waals surface area contributed by atoms with Crippen molar-refractivity contribution >= 4 is 34.8 Å². The monoisotopic (exact) mass is 377 g/mol. The number of benzene rings is 2. The molecule has 0 bridgehead atoms. The SMILES string of the molecule is COc1c(Cl)cc(C(=O)Nc2ccc(-n3cnnn3)c(C)c2)cc1Cl. The summed E-state index contributed by atoms with van der Waals surface area (Å²) < 4.78 is 6.62. The number of rotatable bonds is 4. The molecule has 7 nitrogen and oxygen atoms in total. The van der Waals surface area contributed by atoms with E-state index in [1.54, 1.807) is 10.7 Å². The van der Waals surface area contributed by atoms with E-state index in [1.807, 2.05) is 19.1 Å². The zero-order valence-corrected chi connectivity index (χ0v) is 14.8. The van der Waals surface area contributed by atoms with Gasteiger partial charge in [0.25, 0.3) is 5.91 Å². The molecule has 9 heteroatoms. The maximum atomic E-state index is 12.4. The number of carbonyl (C=O) groups is 1. The lowest BCUT2D eigenvalue weighted by molar-refractivity contribution is 0.102. The van der Waals surface area contributed by atoms with Crippen molar-refractivity contribution in [2.24, 2.45) is 0 Å². The van der Waals surface area contributed by atoms with Crippen LogP contribution in [-0.4, -0.2) is 33.2 Å². The first-order valence-electron chi connectivity index (χ1n) is 7.18. The van der Waals surface area contributed by atoms with Crippen molar-refractivity contribution in [1.82, 2.24) is 20.2 Å². The molecule has 25 heavy (non-hydrogen) atoms. The van der Waals surface area contributed by atoms with E-state index in [0.717, 1.165) is 11.3 Å². The molecule has 1 heterocycles. The maximum absolute atomic E-state index is 12.4. The Morgan fingerprint density at radius 2 is 1.92 bits per heavy atom. The van der Waals surface area contributed by atoms with Gasteiger partial charge >= 0.3 is 0 Å². The molecule has 3 aromatic rings. The van der Waals surface area contributed by atoms with Gasteiger partial charge in [0.15, 0.2) is 5.75 Å². The van der Waals surface area contributed by atoms with E-state index in [4.69, 9.17) is 27.9 Å². The fourth-order valence-electron chi connectivity index (χ4n) is 2.35. The third kappa shape index (κ3) is 3.57. The molecule has 0 fully saturated rings. The fourth-order valence-corrected chi connectivity index (χ4v) is 2.99. The molecule has 0 unspecified atom stereocenters. The Morgan fingerprint density at radius 1 is 1.20 bits per heavy atom.